The third kappa shape index (κ3) is 6.87. The summed E-state index contributed by atoms with van der Waals surface area (Å²) in [6.45, 7) is 2.33. The van der Waals surface area contributed by atoms with Gasteiger partial charge in [-0.3, -0.25) is 9.69 Å². The van der Waals surface area contributed by atoms with Crippen molar-refractivity contribution < 1.29 is 13.2 Å². The molecule has 1 atom stereocenters. The first-order valence-electron chi connectivity index (χ1n) is 7.52. The van der Waals surface area contributed by atoms with Gasteiger partial charge in [0.2, 0.25) is 15.9 Å². The lowest BCUT2D eigenvalue weighted by atomic mass is 10.0. The monoisotopic (exact) mass is 359 g/mol. The van der Waals surface area contributed by atoms with E-state index in [9.17, 15) is 13.2 Å². The Kier molecular flexibility index (Phi) is 6.41. The minimum Gasteiger partial charge on any atom is -0.351 e. The van der Waals surface area contributed by atoms with Crippen LogP contribution in [0.4, 0.5) is 0 Å². The number of nitrogens with zero attached hydrogens (tertiary/aromatic N) is 1. The van der Waals surface area contributed by atoms with E-state index in [-0.39, 0.29) is 18.5 Å². The molecule has 0 aromatic heterocycles. The van der Waals surface area contributed by atoms with E-state index in [0.29, 0.717) is 0 Å². The predicted molar refractivity (Wildman–Crippen MR) is 90.7 cm³/mol. The molecule has 0 bridgehead atoms. The van der Waals surface area contributed by atoms with Crippen molar-refractivity contribution in [2.24, 2.45) is 0 Å². The fraction of sp³-hybridized carbons (Fsp3) is 0.533. The summed E-state index contributed by atoms with van der Waals surface area (Å²) in [6, 6.07) is 7.79. The number of likely N-dealkylation sites (tertiary alicyclic amines) is 1. The quantitative estimate of drug-likeness (QED) is 0.793. The molecule has 128 valence electrons. The van der Waals surface area contributed by atoms with Crippen molar-refractivity contribution in [2.45, 2.75) is 25.4 Å². The zero-order valence-corrected chi connectivity index (χ0v) is 14.7. The zero-order chi connectivity index (χ0) is 16.9. The van der Waals surface area contributed by atoms with Gasteiger partial charge in [0.1, 0.15) is 0 Å². The van der Waals surface area contributed by atoms with Crippen LogP contribution in [-0.4, -0.2) is 51.2 Å². The van der Waals surface area contributed by atoms with Crippen LogP contribution in [0.15, 0.2) is 24.3 Å². The van der Waals surface area contributed by atoms with Crippen LogP contribution in [0.3, 0.4) is 0 Å². The molecule has 0 radical (unpaired) electrons. The SMILES string of the molecule is CS(=O)(=O)NCC(=O)NC1CCCN(Cc2ccc(Cl)cc2)C1. The van der Waals surface area contributed by atoms with Gasteiger partial charge in [0, 0.05) is 24.2 Å². The van der Waals surface area contributed by atoms with Gasteiger partial charge in [-0.15, -0.1) is 0 Å². The van der Waals surface area contributed by atoms with Gasteiger partial charge in [-0.25, -0.2) is 13.1 Å². The largest absolute Gasteiger partial charge is 0.351 e. The number of amides is 1. The number of piperidine rings is 1. The highest BCUT2D eigenvalue weighted by Crippen LogP contribution is 2.15. The van der Waals surface area contributed by atoms with Crippen molar-refractivity contribution in [1.29, 1.82) is 0 Å². The Morgan fingerprint density at radius 1 is 1.35 bits per heavy atom. The van der Waals surface area contributed by atoms with E-state index in [2.05, 4.69) is 14.9 Å². The Morgan fingerprint density at radius 2 is 2.04 bits per heavy atom. The normalized spacial score (nSPS) is 19.5. The number of hydrogen-bond donors (Lipinski definition) is 2. The molecule has 1 aliphatic rings. The molecule has 1 aromatic rings. The average Bonchev–Trinajstić information content (AvgIpc) is 2.47. The van der Waals surface area contributed by atoms with E-state index < -0.39 is 10.0 Å². The summed E-state index contributed by atoms with van der Waals surface area (Å²) in [5, 5.41) is 3.61. The number of carbonyl (C=O) groups excluding carboxylic acids is 1. The van der Waals surface area contributed by atoms with E-state index in [1.54, 1.807) is 0 Å². The van der Waals surface area contributed by atoms with E-state index >= 15 is 0 Å². The van der Waals surface area contributed by atoms with Crippen molar-refractivity contribution in [3.05, 3.63) is 34.9 Å². The Balaban J connectivity index is 1.81. The highest BCUT2D eigenvalue weighted by atomic mass is 35.5. The first-order valence-corrected chi connectivity index (χ1v) is 9.79. The maximum Gasteiger partial charge on any atom is 0.235 e. The number of halogens is 1. The maximum absolute atomic E-state index is 11.8. The molecule has 1 fully saturated rings. The van der Waals surface area contributed by atoms with Crippen molar-refractivity contribution >= 4 is 27.5 Å². The first-order chi connectivity index (χ1) is 10.8. The van der Waals surface area contributed by atoms with Crippen LogP contribution in [0.1, 0.15) is 18.4 Å². The second-order valence-electron chi connectivity index (χ2n) is 5.86. The number of rotatable bonds is 6. The van der Waals surface area contributed by atoms with Crippen LogP contribution in [0.5, 0.6) is 0 Å². The molecule has 1 amide bonds. The fourth-order valence-electron chi connectivity index (χ4n) is 2.64. The molecule has 2 rings (SSSR count). The third-order valence-corrected chi connectivity index (χ3v) is 4.61. The summed E-state index contributed by atoms with van der Waals surface area (Å²) in [5.74, 6) is -0.297. The Labute approximate surface area is 142 Å². The molecular formula is C15H22ClN3O3S. The second-order valence-corrected chi connectivity index (χ2v) is 8.13. The molecule has 1 aliphatic heterocycles. The van der Waals surface area contributed by atoms with Crippen LogP contribution >= 0.6 is 11.6 Å². The molecule has 2 N–H and O–H groups in total. The van der Waals surface area contributed by atoms with Gasteiger partial charge in [0.15, 0.2) is 0 Å². The molecule has 1 aromatic carbocycles. The second kappa shape index (κ2) is 8.10. The maximum atomic E-state index is 11.8. The van der Waals surface area contributed by atoms with Crippen LogP contribution in [-0.2, 0) is 21.4 Å². The fourth-order valence-corrected chi connectivity index (χ4v) is 3.16. The summed E-state index contributed by atoms with van der Waals surface area (Å²) in [4.78, 5) is 14.1. The van der Waals surface area contributed by atoms with Crippen molar-refractivity contribution in [1.82, 2.24) is 14.9 Å². The Hall–Kier alpha value is -1.15. The standard InChI is InChI=1S/C15H22ClN3O3S/c1-23(21,22)17-9-15(20)18-14-3-2-8-19(11-14)10-12-4-6-13(16)7-5-12/h4-7,14,17H,2-3,8-11H2,1H3,(H,18,20). The van der Waals surface area contributed by atoms with E-state index in [4.69, 9.17) is 11.6 Å². The van der Waals surface area contributed by atoms with Crippen molar-refractivity contribution in [3.63, 3.8) is 0 Å². The molecule has 1 unspecified atom stereocenters. The molecule has 1 heterocycles. The van der Waals surface area contributed by atoms with Gasteiger partial charge in [-0.2, -0.15) is 0 Å². The molecule has 1 saturated heterocycles. The van der Waals surface area contributed by atoms with Gasteiger partial charge >= 0.3 is 0 Å². The van der Waals surface area contributed by atoms with Crippen LogP contribution in [0, 0.1) is 0 Å². The lowest BCUT2D eigenvalue weighted by Gasteiger charge is -2.33. The zero-order valence-electron chi connectivity index (χ0n) is 13.1. The number of benzene rings is 1. The topological polar surface area (TPSA) is 78.5 Å². The number of nitrogens with one attached hydrogen (secondary N) is 2. The third-order valence-electron chi connectivity index (χ3n) is 3.68. The van der Waals surface area contributed by atoms with Crippen molar-refractivity contribution in [3.8, 4) is 0 Å². The van der Waals surface area contributed by atoms with E-state index in [1.807, 2.05) is 24.3 Å². The average molecular weight is 360 g/mol. The minimum atomic E-state index is -3.35. The van der Waals surface area contributed by atoms with Gasteiger partial charge < -0.3 is 5.32 Å². The first kappa shape index (κ1) is 18.2. The molecule has 23 heavy (non-hydrogen) atoms. The Morgan fingerprint density at radius 3 is 2.70 bits per heavy atom. The molecule has 0 aliphatic carbocycles. The van der Waals surface area contributed by atoms with Crippen LogP contribution < -0.4 is 10.0 Å². The lowest BCUT2D eigenvalue weighted by molar-refractivity contribution is -0.121. The van der Waals surface area contributed by atoms with E-state index in [0.717, 1.165) is 43.8 Å². The Bertz CT molecular complexity index is 634. The van der Waals surface area contributed by atoms with Crippen LogP contribution in [0.2, 0.25) is 5.02 Å². The molecule has 8 heteroatoms. The molecular weight excluding hydrogens is 338 g/mol. The minimum absolute atomic E-state index is 0.0462. The lowest BCUT2D eigenvalue weighted by Crippen LogP contribution is -2.49. The summed E-state index contributed by atoms with van der Waals surface area (Å²) in [5.41, 5.74) is 1.18. The number of sulfonamides is 1. The smallest absolute Gasteiger partial charge is 0.235 e. The summed E-state index contributed by atoms with van der Waals surface area (Å²) in [7, 11) is -3.35. The van der Waals surface area contributed by atoms with Gasteiger partial charge in [-0.05, 0) is 37.1 Å². The number of hydrogen-bond acceptors (Lipinski definition) is 4. The van der Waals surface area contributed by atoms with Gasteiger partial charge in [0.25, 0.3) is 0 Å². The highest BCUT2D eigenvalue weighted by molar-refractivity contribution is 7.88. The van der Waals surface area contributed by atoms with Crippen molar-refractivity contribution in [2.75, 3.05) is 25.9 Å². The van der Waals surface area contributed by atoms with E-state index in [1.165, 1.54) is 5.56 Å². The summed E-state index contributed by atoms with van der Waals surface area (Å²) >= 11 is 5.89. The molecule has 6 nitrogen and oxygen atoms in total. The molecule has 0 spiro atoms. The highest BCUT2D eigenvalue weighted by Gasteiger charge is 2.21. The number of carbonyl (C=O) groups is 1. The van der Waals surface area contributed by atoms with Gasteiger partial charge in [-0.1, -0.05) is 23.7 Å². The predicted octanol–water partition coefficient (Wildman–Crippen LogP) is 0.970. The summed E-state index contributed by atoms with van der Waals surface area (Å²) in [6.07, 6.45) is 2.94. The van der Waals surface area contributed by atoms with Crippen LogP contribution in [0.25, 0.3) is 0 Å². The van der Waals surface area contributed by atoms with Gasteiger partial charge in [0.05, 0.1) is 12.8 Å². The summed E-state index contributed by atoms with van der Waals surface area (Å²) < 4.78 is 24.2. The molecule has 0 saturated carbocycles.